The average Bonchev–Trinajstić information content (AvgIpc) is 2.94. The van der Waals surface area contributed by atoms with E-state index in [9.17, 15) is 5.11 Å². The lowest BCUT2D eigenvalue weighted by Gasteiger charge is -2.35. The molecule has 1 aromatic carbocycles. The molecule has 0 unspecified atom stereocenters. The fourth-order valence-electron chi connectivity index (χ4n) is 3.14. The molecule has 0 radical (unpaired) electrons. The lowest BCUT2D eigenvalue weighted by atomic mass is 10.1. The van der Waals surface area contributed by atoms with Gasteiger partial charge in [-0.3, -0.25) is 4.90 Å². The number of nitrogens with zero attached hydrogens (tertiary/aromatic N) is 2. The molecular weight excluding hydrogens is 252 g/mol. The highest BCUT2D eigenvalue weighted by Crippen LogP contribution is 2.17. The lowest BCUT2D eigenvalue weighted by molar-refractivity contribution is 0.107. The molecule has 20 heavy (non-hydrogen) atoms. The van der Waals surface area contributed by atoms with Crippen molar-refractivity contribution in [2.45, 2.75) is 13.0 Å². The molecule has 0 aromatic heterocycles. The van der Waals surface area contributed by atoms with E-state index in [-0.39, 0.29) is 0 Å². The van der Waals surface area contributed by atoms with Gasteiger partial charge in [-0.2, -0.15) is 0 Å². The van der Waals surface area contributed by atoms with Crippen LogP contribution < -0.4 is 0 Å². The van der Waals surface area contributed by atoms with E-state index in [0.29, 0.717) is 5.75 Å². The van der Waals surface area contributed by atoms with Crippen LogP contribution in [0, 0.1) is 5.92 Å². The molecule has 1 N–H and O–H groups in total. The van der Waals surface area contributed by atoms with Crippen molar-refractivity contribution in [3.05, 3.63) is 29.8 Å². The van der Waals surface area contributed by atoms with Crippen LogP contribution in [0.4, 0.5) is 0 Å². The summed E-state index contributed by atoms with van der Waals surface area (Å²) in [7, 11) is 0. The molecule has 0 spiro atoms. The second-order valence-corrected chi connectivity index (χ2v) is 5.98. The standard InChI is InChI=1S/C16H24N2O2/c19-16-3-1-2-14(10-16)11-17-5-7-18(8-6-17)12-15-4-9-20-13-15/h1-3,10,15,19H,4-9,11-13H2/t15-/m1/s1. The third-order valence-corrected chi connectivity index (χ3v) is 4.32. The van der Waals surface area contributed by atoms with Crippen molar-refractivity contribution >= 4 is 0 Å². The van der Waals surface area contributed by atoms with Gasteiger partial charge in [0.25, 0.3) is 0 Å². The van der Waals surface area contributed by atoms with Crippen molar-refractivity contribution < 1.29 is 9.84 Å². The Kier molecular flexibility index (Phi) is 4.55. The van der Waals surface area contributed by atoms with E-state index in [4.69, 9.17) is 4.74 Å². The molecule has 0 bridgehead atoms. The van der Waals surface area contributed by atoms with Crippen LogP contribution in [0.25, 0.3) is 0 Å². The fourth-order valence-corrected chi connectivity index (χ4v) is 3.14. The van der Waals surface area contributed by atoms with Crippen molar-refractivity contribution in [1.82, 2.24) is 9.80 Å². The zero-order valence-corrected chi connectivity index (χ0v) is 12.0. The molecule has 2 aliphatic rings. The highest BCUT2D eigenvalue weighted by molar-refractivity contribution is 5.27. The van der Waals surface area contributed by atoms with E-state index < -0.39 is 0 Å². The maximum absolute atomic E-state index is 9.51. The van der Waals surface area contributed by atoms with E-state index in [1.807, 2.05) is 12.1 Å². The summed E-state index contributed by atoms with van der Waals surface area (Å²) in [5, 5.41) is 9.51. The Labute approximate surface area is 120 Å². The van der Waals surface area contributed by atoms with Crippen molar-refractivity contribution in [3.8, 4) is 5.75 Å². The minimum Gasteiger partial charge on any atom is -0.508 e. The van der Waals surface area contributed by atoms with Gasteiger partial charge in [-0.15, -0.1) is 0 Å². The predicted molar refractivity (Wildman–Crippen MR) is 78.7 cm³/mol. The van der Waals surface area contributed by atoms with Gasteiger partial charge in [0.05, 0.1) is 6.61 Å². The quantitative estimate of drug-likeness (QED) is 0.905. The molecule has 0 aliphatic carbocycles. The molecule has 1 aromatic rings. The normalized spacial score (nSPS) is 25.1. The number of ether oxygens (including phenoxy) is 1. The van der Waals surface area contributed by atoms with Gasteiger partial charge in [-0.25, -0.2) is 0 Å². The van der Waals surface area contributed by atoms with E-state index in [2.05, 4.69) is 15.9 Å². The average molecular weight is 276 g/mol. The number of hydrogen-bond acceptors (Lipinski definition) is 4. The molecule has 2 heterocycles. The lowest BCUT2D eigenvalue weighted by Crippen LogP contribution is -2.47. The Bertz CT molecular complexity index is 424. The van der Waals surface area contributed by atoms with Gasteiger partial charge in [-0.05, 0) is 30.0 Å². The van der Waals surface area contributed by atoms with E-state index in [0.717, 1.165) is 51.9 Å². The van der Waals surface area contributed by atoms with Gasteiger partial charge in [0.2, 0.25) is 0 Å². The predicted octanol–water partition coefficient (Wildman–Crippen LogP) is 1.55. The third-order valence-electron chi connectivity index (χ3n) is 4.32. The molecule has 2 aliphatic heterocycles. The Morgan fingerprint density at radius 2 is 1.95 bits per heavy atom. The molecule has 3 rings (SSSR count). The zero-order valence-electron chi connectivity index (χ0n) is 12.0. The summed E-state index contributed by atoms with van der Waals surface area (Å²) < 4.78 is 5.45. The summed E-state index contributed by atoms with van der Waals surface area (Å²) in [5.41, 5.74) is 1.20. The molecule has 4 nitrogen and oxygen atoms in total. The van der Waals surface area contributed by atoms with Crippen LogP contribution in [0.5, 0.6) is 5.75 Å². The number of phenolic OH excluding ortho intramolecular Hbond substituents is 1. The maximum atomic E-state index is 9.51. The van der Waals surface area contributed by atoms with Crippen molar-refractivity contribution in [3.63, 3.8) is 0 Å². The first-order chi connectivity index (χ1) is 9.79. The van der Waals surface area contributed by atoms with Gasteiger partial charge in [0, 0.05) is 45.9 Å². The van der Waals surface area contributed by atoms with E-state index >= 15 is 0 Å². The molecule has 0 amide bonds. The number of piperazine rings is 1. The first-order valence-electron chi connectivity index (χ1n) is 7.60. The second-order valence-electron chi connectivity index (χ2n) is 5.98. The SMILES string of the molecule is Oc1cccc(CN2CCN(C[C@H]3CCOC3)CC2)c1. The topological polar surface area (TPSA) is 35.9 Å². The Morgan fingerprint density at radius 1 is 1.15 bits per heavy atom. The molecular formula is C16H24N2O2. The number of hydrogen-bond donors (Lipinski definition) is 1. The van der Waals surface area contributed by atoms with Crippen LogP contribution in [-0.4, -0.2) is 60.8 Å². The second kappa shape index (κ2) is 6.57. The van der Waals surface area contributed by atoms with Crippen molar-refractivity contribution in [2.24, 2.45) is 5.92 Å². The van der Waals surface area contributed by atoms with Crippen LogP contribution in [0.1, 0.15) is 12.0 Å². The largest absolute Gasteiger partial charge is 0.508 e. The highest BCUT2D eigenvalue weighted by atomic mass is 16.5. The van der Waals surface area contributed by atoms with Crippen molar-refractivity contribution in [1.29, 1.82) is 0 Å². The number of rotatable bonds is 4. The highest BCUT2D eigenvalue weighted by Gasteiger charge is 2.22. The molecule has 0 saturated carbocycles. The Morgan fingerprint density at radius 3 is 2.65 bits per heavy atom. The summed E-state index contributed by atoms with van der Waals surface area (Å²) in [6, 6.07) is 7.59. The van der Waals surface area contributed by atoms with Gasteiger partial charge in [0.1, 0.15) is 5.75 Å². The Balaban J connectivity index is 1.43. The van der Waals surface area contributed by atoms with Gasteiger partial charge in [-0.1, -0.05) is 12.1 Å². The summed E-state index contributed by atoms with van der Waals surface area (Å²) in [6.07, 6.45) is 1.23. The van der Waals surface area contributed by atoms with Gasteiger partial charge >= 0.3 is 0 Å². The summed E-state index contributed by atoms with van der Waals surface area (Å²) in [4.78, 5) is 5.04. The monoisotopic (exact) mass is 276 g/mol. The number of aromatic hydroxyl groups is 1. The molecule has 1 atom stereocenters. The number of phenols is 1. The summed E-state index contributed by atoms with van der Waals surface area (Å²) in [5.74, 6) is 1.11. The summed E-state index contributed by atoms with van der Waals surface area (Å²) in [6.45, 7) is 8.55. The van der Waals surface area contributed by atoms with Crippen LogP contribution in [0.3, 0.4) is 0 Å². The summed E-state index contributed by atoms with van der Waals surface area (Å²) >= 11 is 0. The first kappa shape index (κ1) is 13.9. The Hall–Kier alpha value is -1.10. The smallest absolute Gasteiger partial charge is 0.115 e. The van der Waals surface area contributed by atoms with Gasteiger partial charge < -0.3 is 14.7 Å². The minimum absolute atomic E-state index is 0.363. The first-order valence-corrected chi connectivity index (χ1v) is 7.60. The van der Waals surface area contributed by atoms with Crippen LogP contribution in [0.15, 0.2) is 24.3 Å². The molecule has 2 saturated heterocycles. The zero-order chi connectivity index (χ0) is 13.8. The van der Waals surface area contributed by atoms with E-state index in [1.54, 1.807) is 6.07 Å². The molecule has 2 fully saturated rings. The van der Waals surface area contributed by atoms with Crippen molar-refractivity contribution in [2.75, 3.05) is 45.9 Å². The van der Waals surface area contributed by atoms with Gasteiger partial charge in [0.15, 0.2) is 0 Å². The molecule has 4 heteroatoms. The number of benzene rings is 1. The fraction of sp³-hybridized carbons (Fsp3) is 0.625. The minimum atomic E-state index is 0.363. The van der Waals surface area contributed by atoms with Crippen LogP contribution >= 0.6 is 0 Å². The van der Waals surface area contributed by atoms with Crippen LogP contribution in [-0.2, 0) is 11.3 Å². The maximum Gasteiger partial charge on any atom is 0.115 e. The third kappa shape index (κ3) is 3.72. The molecule has 110 valence electrons. The van der Waals surface area contributed by atoms with Crippen LogP contribution in [0.2, 0.25) is 0 Å². The van der Waals surface area contributed by atoms with E-state index in [1.165, 1.54) is 18.5 Å².